The molecule has 3 heterocycles. The van der Waals surface area contributed by atoms with E-state index in [0.717, 1.165) is 17.3 Å². The fourth-order valence-electron chi connectivity index (χ4n) is 4.50. The molecule has 0 saturated carbocycles. The molecule has 8 heteroatoms. The van der Waals surface area contributed by atoms with Gasteiger partial charge in [0.1, 0.15) is 18.3 Å². The average molecular weight is 443 g/mol. The van der Waals surface area contributed by atoms with E-state index in [2.05, 4.69) is 11.5 Å². The van der Waals surface area contributed by atoms with E-state index in [-0.39, 0.29) is 11.5 Å². The number of hydrogen-bond acceptors (Lipinski definition) is 7. The lowest BCUT2D eigenvalue weighted by Gasteiger charge is -2.47. The van der Waals surface area contributed by atoms with Crippen molar-refractivity contribution < 1.29 is 23.7 Å². The number of carbonyl (C=O) groups excluding carboxylic acids is 1. The number of ether oxygens (including phenoxy) is 4. The smallest absolute Gasteiger partial charge is 0.315 e. The second-order valence-corrected chi connectivity index (χ2v) is 8.13. The van der Waals surface area contributed by atoms with Crippen molar-refractivity contribution in [2.24, 2.45) is 5.92 Å². The highest BCUT2D eigenvalue weighted by molar-refractivity contribution is 5.80. The molecule has 0 bridgehead atoms. The van der Waals surface area contributed by atoms with E-state index in [9.17, 15) is 9.59 Å². The van der Waals surface area contributed by atoms with Gasteiger partial charge >= 0.3 is 5.97 Å². The van der Waals surface area contributed by atoms with E-state index in [1.807, 2.05) is 24.3 Å². The summed E-state index contributed by atoms with van der Waals surface area (Å²) in [7, 11) is 1.39. The summed E-state index contributed by atoms with van der Waals surface area (Å²) in [6, 6.07) is 9.11. The Balaban J connectivity index is 1.51. The number of hydrogen-bond donors (Lipinski definition) is 0. The lowest BCUT2D eigenvalue weighted by Crippen LogP contribution is -2.59. The van der Waals surface area contributed by atoms with E-state index < -0.39 is 11.7 Å². The molecule has 2 aliphatic rings. The lowest BCUT2D eigenvalue weighted by atomic mass is 9.89. The van der Waals surface area contributed by atoms with Gasteiger partial charge in [0.2, 0.25) is 0 Å². The molecule has 32 heavy (non-hydrogen) atoms. The zero-order chi connectivity index (χ0) is 22.6. The van der Waals surface area contributed by atoms with Crippen LogP contribution in [0.5, 0.6) is 5.75 Å². The summed E-state index contributed by atoms with van der Waals surface area (Å²) in [5.41, 5.74) is 0.742. The summed E-state index contributed by atoms with van der Waals surface area (Å²) in [5, 5.41) is 0.963. The Morgan fingerprint density at radius 1 is 1.25 bits per heavy atom. The molecule has 0 N–H and O–H groups in total. The monoisotopic (exact) mass is 442 g/mol. The maximum absolute atomic E-state index is 12.7. The number of piperidine rings is 1. The summed E-state index contributed by atoms with van der Waals surface area (Å²) in [6.07, 6.45) is 3.08. The molecule has 2 aliphatic heterocycles. The van der Waals surface area contributed by atoms with E-state index >= 15 is 0 Å². The molecule has 2 fully saturated rings. The Morgan fingerprint density at radius 3 is 2.78 bits per heavy atom. The zero-order valence-electron chi connectivity index (χ0n) is 18.5. The van der Waals surface area contributed by atoms with Crippen LogP contribution in [-0.2, 0) is 25.5 Å². The molecule has 1 aromatic carbocycles. The van der Waals surface area contributed by atoms with Crippen molar-refractivity contribution in [2.75, 3.05) is 46.6 Å². The van der Waals surface area contributed by atoms with Gasteiger partial charge in [-0.15, -0.1) is 0 Å². The standard InChI is InChI=1S/C24H30N2O6/c1-3-13-30-19-7-5-18-6-8-22(27)26(21(18)16-19)12-11-25-10-9-24(31-14-4-15-32-24)20(17-25)23(28)29-2/h3,5-8,16,20H,1,4,9-15,17H2,2H3. The van der Waals surface area contributed by atoms with Crippen molar-refractivity contribution in [1.29, 1.82) is 0 Å². The number of fused-ring (bicyclic) bond motifs is 1. The molecule has 1 spiro atoms. The van der Waals surface area contributed by atoms with Gasteiger partial charge in [-0.05, 0) is 30.0 Å². The van der Waals surface area contributed by atoms with E-state index in [4.69, 9.17) is 18.9 Å². The quantitative estimate of drug-likeness (QED) is 0.480. The Kier molecular flexibility index (Phi) is 6.93. The van der Waals surface area contributed by atoms with Crippen LogP contribution in [0.4, 0.5) is 0 Å². The summed E-state index contributed by atoms with van der Waals surface area (Å²) < 4.78 is 24.3. The summed E-state index contributed by atoms with van der Waals surface area (Å²) in [5.74, 6) is -1.07. The molecule has 172 valence electrons. The highest BCUT2D eigenvalue weighted by atomic mass is 16.7. The Hall–Kier alpha value is -2.68. The maximum Gasteiger partial charge on any atom is 0.315 e. The van der Waals surface area contributed by atoms with Crippen LogP contribution >= 0.6 is 0 Å². The molecule has 2 aromatic rings. The minimum absolute atomic E-state index is 0.0738. The van der Waals surface area contributed by atoms with Gasteiger partial charge in [0.15, 0.2) is 5.79 Å². The molecule has 0 amide bonds. The van der Waals surface area contributed by atoms with Gasteiger partial charge in [-0.3, -0.25) is 9.59 Å². The van der Waals surface area contributed by atoms with Crippen LogP contribution in [0.3, 0.4) is 0 Å². The molecular formula is C24H30N2O6. The predicted octanol–water partition coefficient (Wildman–Crippen LogP) is 2.19. The van der Waals surface area contributed by atoms with Crippen molar-refractivity contribution in [3.63, 3.8) is 0 Å². The fourth-order valence-corrected chi connectivity index (χ4v) is 4.50. The Labute approximate surface area is 187 Å². The third kappa shape index (κ3) is 4.57. The van der Waals surface area contributed by atoms with Crippen molar-refractivity contribution in [2.45, 2.75) is 25.2 Å². The van der Waals surface area contributed by atoms with Gasteiger partial charge in [0, 0.05) is 44.7 Å². The fraction of sp³-hybridized carbons (Fsp3) is 0.500. The lowest BCUT2D eigenvalue weighted by molar-refractivity contribution is -0.307. The summed E-state index contributed by atoms with van der Waals surface area (Å²) >= 11 is 0. The molecule has 1 unspecified atom stereocenters. The Bertz CT molecular complexity index is 1030. The molecule has 4 rings (SSSR count). The highest BCUT2D eigenvalue weighted by Gasteiger charge is 2.50. The van der Waals surface area contributed by atoms with Gasteiger partial charge in [-0.1, -0.05) is 12.7 Å². The molecule has 1 atom stereocenters. The van der Waals surface area contributed by atoms with Crippen molar-refractivity contribution in [1.82, 2.24) is 9.47 Å². The van der Waals surface area contributed by atoms with E-state index in [0.29, 0.717) is 58.2 Å². The van der Waals surface area contributed by atoms with Gasteiger partial charge in [-0.2, -0.15) is 0 Å². The van der Waals surface area contributed by atoms with E-state index in [1.54, 1.807) is 16.7 Å². The van der Waals surface area contributed by atoms with Crippen molar-refractivity contribution in [3.05, 3.63) is 53.3 Å². The molecule has 2 saturated heterocycles. The first-order chi connectivity index (χ1) is 15.6. The number of esters is 1. The second-order valence-electron chi connectivity index (χ2n) is 8.13. The van der Waals surface area contributed by atoms with Crippen LogP contribution in [0.15, 0.2) is 47.8 Å². The Morgan fingerprint density at radius 2 is 2.03 bits per heavy atom. The van der Waals surface area contributed by atoms with Gasteiger partial charge in [0.05, 0.1) is 25.8 Å². The van der Waals surface area contributed by atoms with Gasteiger partial charge in [0.25, 0.3) is 5.56 Å². The number of methoxy groups -OCH3 is 1. The first-order valence-corrected chi connectivity index (χ1v) is 11.0. The minimum atomic E-state index is -0.907. The van der Waals surface area contributed by atoms with Crippen molar-refractivity contribution in [3.8, 4) is 5.75 Å². The zero-order valence-corrected chi connectivity index (χ0v) is 18.5. The third-order valence-corrected chi connectivity index (χ3v) is 6.19. The molecule has 8 nitrogen and oxygen atoms in total. The number of nitrogens with zero attached hydrogens (tertiary/aromatic N) is 2. The molecule has 0 radical (unpaired) electrons. The first-order valence-electron chi connectivity index (χ1n) is 11.0. The van der Waals surface area contributed by atoms with Crippen molar-refractivity contribution >= 4 is 16.9 Å². The third-order valence-electron chi connectivity index (χ3n) is 6.19. The average Bonchev–Trinajstić information content (AvgIpc) is 2.83. The van der Waals surface area contributed by atoms with Crippen LogP contribution in [0.2, 0.25) is 0 Å². The molecule has 1 aromatic heterocycles. The van der Waals surface area contributed by atoms with Crippen LogP contribution in [0.25, 0.3) is 10.9 Å². The normalized spacial score (nSPS) is 20.8. The van der Waals surface area contributed by atoms with E-state index in [1.165, 1.54) is 7.11 Å². The summed E-state index contributed by atoms with van der Waals surface area (Å²) in [6.45, 7) is 7.50. The predicted molar refractivity (Wildman–Crippen MR) is 120 cm³/mol. The van der Waals surface area contributed by atoms with Crippen LogP contribution in [-0.4, -0.2) is 67.8 Å². The number of pyridine rings is 1. The highest BCUT2D eigenvalue weighted by Crippen LogP contribution is 2.36. The number of aromatic nitrogens is 1. The number of benzene rings is 1. The maximum atomic E-state index is 12.7. The number of likely N-dealkylation sites (tertiary alicyclic amines) is 1. The largest absolute Gasteiger partial charge is 0.489 e. The SMILES string of the molecule is C=CCOc1ccc2ccc(=O)n(CCN3CCC4(OCCCO4)C(C(=O)OC)C3)c2c1. The minimum Gasteiger partial charge on any atom is -0.489 e. The molecular weight excluding hydrogens is 412 g/mol. The number of rotatable bonds is 7. The first kappa shape index (κ1) is 22.5. The number of carbonyl (C=O) groups is 1. The van der Waals surface area contributed by atoms with Gasteiger partial charge < -0.3 is 28.4 Å². The van der Waals surface area contributed by atoms with Gasteiger partial charge in [-0.25, -0.2) is 0 Å². The second kappa shape index (κ2) is 9.85. The molecule has 0 aliphatic carbocycles. The van der Waals surface area contributed by atoms with Crippen LogP contribution in [0.1, 0.15) is 12.8 Å². The topological polar surface area (TPSA) is 79.2 Å². The summed E-state index contributed by atoms with van der Waals surface area (Å²) in [4.78, 5) is 27.4. The van der Waals surface area contributed by atoms with Crippen LogP contribution < -0.4 is 10.3 Å². The van der Waals surface area contributed by atoms with Crippen LogP contribution in [0, 0.1) is 5.92 Å².